The molecule has 0 aliphatic heterocycles. The molecule has 0 amide bonds. The van der Waals surface area contributed by atoms with Crippen molar-refractivity contribution in [3.63, 3.8) is 0 Å². The third-order valence-electron chi connectivity index (χ3n) is 2.74. The molecule has 0 saturated heterocycles. The summed E-state index contributed by atoms with van der Waals surface area (Å²) < 4.78 is 26.6. The molecule has 2 rings (SSSR count). The van der Waals surface area contributed by atoms with Crippen LogP contribution in [0, 0.1) is 0 Å². The Kier molecular flexibility index (Phi) is 3.27. The van der Waals surface area contributed by atoms with Crippen molar-refractivity contribution in [2.24, 2.45) is 0 Å². The summed E-state index contributed by atoms with van der Waals surface area (Å²) in [7, 11) is -1.67. The number of rotatable bonds is 5. The summed E-state index contributed by atoms with van der Waals surface area (Å²) in [6, 6.07) is 0.0933. The zero-order chi connectivity index (χ0) is 11.6. The summed E-state index contributed by atoms with van der Waals surface area (Å²) in [5, 5.41) is 9.40. The van der Waals surface area contributed by atoms with E-state index in [9.17, 15) is 8.42 Å². The highest BCUT2D eigenvalue weighted by atomic mass is 32.2. The van der Waals surface area contributed by atoms with Gasteiger partial charge in [-0.15, -0.1) is 0 Å². The largest absolute Gasteiger partial charge is 0.316 e. The number of H-pyrrole nitrogens is 1. The van der Waals surface area contributed by atoms with E-state index in [0.29, 0.717) is 12.1 Å². The Morgan fingerprint density at radius 3 is 2.88 bits per heavy atom. The maximum absolute atomic E-state index is 12.0. The van der Waals surface area contributed by atoms with Crippen molar-refractivity contribution in [3.8, 4) is 0 Å². The van der Waals surface area contributed by atoms with Gasteiger partial charge in [-0.2, -0.15) is 5.10 Å². The molecule has 16 heavy (non-hydrogen) atoms. The van der Waals surface area contributed by atoms with Crippen LogP contribution < -0.4 is 10.0 Å². The van der Waals surface area contributed by atoms with Crippen LogP contribution in [0.4, 0.5) is 0 Å². The zero-order valence-corrected chi connectivity index (χ0v) is 9.97. The van der Waals surface area contributed by atoms with Gasteiger partial charge in [0.15, 0.2) is 5.03 Å². The first-order valence-corrected chi connectivity index (χ1v) is 6.81. The van der Waals surface area contributed by atoms with E-state index in [1.54, 1.807) is 7.05 Å². The van der Waals surface area contributed by atoms with Gasteiger partial charge in [-0.3, -0.25) is 5.10 Å². The monoisotopic (exact) mass is 244 g/mol. The lowest BCUT2D eigenvalue weighted by atomic mass is 9.94. The lowest BCUT2D eigenvalue weighted by molar-refractivity contribution is 0.383. The molecule has 0 aromatic carbocycles. The van der Waals surface area contributed by atoms with Gasteiger partial charge in [0.2, 0.25) is 0 Å². The lowest BCUT2D eigenvalue weighted by Crippen LogP contribution is -2.39. The highest BCUT2D eigenvalue weighted by molar-refractivity contribution is 7.89. The van der Waals surface area contributed by atoms with Crippen molar-refractivity contribution < 1.29 is 8.42 Å². The minimum Gasteiger partial charge on any atom is -0.316 e. The quantitative estimate of drug-likeness (QED) is 0.678. The fourth-order valence-electron chi connectivity index (χ4n) is 1.65. The number of nitrogens with one attached hydrogen (secondary N) is 3. The first kappa shape index (κ1) is 11.6. The summed E-state index contributed by atoms with van der Waals surface area (Å²) in [6.07, 6.45) is 4.48. The summed E-state index contributed by atoms with van der Waals surface area (Å²) in [4.78, 5) is 0. The van der Waals surface area contributed by atoms with Crippen molar-refractivity contribution in [2.75, 3.05) is 7.05 Å². The normalized spacial score (nSPS) is 17.3. The molecule has 6 nitrogen and oxygen atoms in total. The summed E-state index contributed by atoms with van der Waals surface area (Å²) >= 11 is 0. The van der Waals surface area contributed by atoms with E-state index in [1.165, 1.54) is 6.20 Å². The van der Waals surface area contributed by atoms with Gasteiger partial charge in [0.25, 0.3) is 10.0 Å². The van der Waals surface area contributed by atoms with Crippen LogP contribution in [-0.2, 0) is 16.6 Å². The Balaban J connectivity index is 2.17. The fourth-order valence-corrected chi connectivity index (χ4v) is 3.09. The van der Waals surface area contributed by atoms with E-state index in [0.717, 1.165) is 19.3 Å². The zero-order valence-electron chi connectivity index (χ0n) is 9.16. The molecule has 1 saturated carbocycles. The second-order valence-electron chi connectivity index (χ2n) is 4.00. The summed E-state index contributed by atoms with van der Waals surface area (Å²) in [6.45, 7) is 0.484. The van der Waals surface area contributed by atoms with Crippen LogP contribution in [0.25, 0.3) is 0 Å². The molecule has 0 spiro atoms. The molecular weight excluding hydrogens is 228 g/mol. The summed E-state index contributed by atoms with van der Waals surface area (Å²) in [5.74, 6) is 0. The molecule has 1 aromatic rings. The van der Waals surface area contributed by atoms with E-state index in [4.69, 9.17) is 0 Å². The Morgan fingerprint density at radius 1 is 1.56 bits per heavy atom. The average Bonchev–Trinajstić information content (AvgIpc) is 2.61. The van der Waals surface area contributed by atoms with Crippen molar-refractivity contribution in [1.82, 2.24) is 20.2 Å². The highest BCUT2D eigenvalue weighted by Gasteiger charge is 2.27. The number of aromatic amines is 1. The molecule has 7 heteroatoms. The first-order chi connectivity index (χ1) is 7.63. The van der Waals surface area contributed by atoms with E-state index in [1.807, 2.05) is 0 Å². The fraction of sp³-hybridized carbons (Fsp3) is 0.667. The van der Waals surface area contributed by atoms with Crippen molar-refractivity contribution in [3.05, 3.63) is 11.8 Å². The molecule has 90 valence electrons. The number of aromatic nitrogens is 2. The molecule has 1 aliphatic carbocycles. The first-order valence-electron chi connectivity index (χ1n) is 5.32. The molecule has 1 aliphatic rings. The van der Waals surface area contributed by atoms with E-state index in [-0.39, 0.29) is 11.1 Å². The van der Waals surface area contributed by atoms with E-state index in [2.05, 4.69) is 20.2 Å². The maximum Gasteiger partial charge on any atom is 0.258 e. The molecule has 1 fully saturated rings. The minimum absolute atomic E-state index is 0.0933. The molecular formula is C9H16N4O2S. The molecule has 0 radical (unpaired) electrons. The van der Waals surface area contributed by atoms with Crippen LogP contribution in [0.15, 0.2) is 11.2 Å². The van der Waals surface area contributed by atoms with Gasteiger partial charge < -0.3 is 5.32 Å². The minimum atomic E-state index is -3.44. The van der Waals surface area contributed by atoms with Gasteiger partial charge in [-0.05, 0) is 19.9 Å². The van der Waals surface area contributed by atoms with Gasteiger partial charge in [-0.1, -0.05) is 6.42 Å². The Morgan fingerprint density at radius 2 is 2.31 bits per heavy atom. The standard InChI is InChI=1S/C9H16N4O2S/c1-10-5-7-6-11-12-9(7)16(14,15)13-8-3-2-4-8/h6,8,10,13H,2-5H2,1H3,(H,11,12). The number of hydrogen-bond donors (Lipinski definition) is 3. The topological polar surface area (TPSA) is 86.9 Å². The van der Waals surface area contributed by atoms with Crippen LogP contribution in [-0.4, -0.2) is 31.7 Å². The van der Waals surface area contributed by atoms with Crippen LogP contribution in [0.5, 0.6) is 0 Å². The lowest BCUT2D eigenvalue weighted by Gasteiger charge is -2.25. The van der Waals surface area contributed by atoms with Gasteiger partial charge in [0.1, 0.15) is 0 Å². The smallest absolute Gasteiger partial charge is 0.258 e. The molecule has 0 bridgehead atoms. The number of nitrogens with zero attached hydrogens (tertiary/aromatic N) is 1. The van der Waals surface area contributed by atoms with Crippen LogP contribution >= 0.6 is 0 Å². The number of sulfonamides is 1. The molecule has 0 atom stereocenters. The predicted octanol–water partition coefficient (Wildman–Crippen LogP) is -0.0401. The molecule has 1 aromatic heterocycles. The van der Waals surface area contributed by atoms with Crippen molar-refractivity contribution in [2.45, 2.75) is 36.9 Å². The Hall–Kier alpha value is -0.920. The van der Waals surface area contributed by atoms with Crippen LogP contribution in [0.3, 0.4) is 0 Å². The van der Waals surface area contributed by atoms with E-state index >= 15 is 0 Å². The second-order valence-corrected chi connectivity index (χ2v) is 5.65. The third kappa shape index (κ3) is 2.26. The van der Waals surface area contributed by atoms with Gasteiger partial charge in [-0.25, -0.2) is 13.1 Å². The van der Waals surface area contributed by atoms with E-state index < -0.39 is 10.0 Å². The van der Waals surface area contributed by atoms with Crippen LogP contribution in [0.1, 0.15) is 24.8 Å². The van der Waals surface area contributed by atoms with Gasteiger partial charge >= 0.3 is 0 Å². The highest BCUT2D eigenvalue weighted by Crippen LogP contribution is 2.21. The average molecular weight is 244 g/mol. The summed E-state index contributed by atoms with van der Waals surface area (Å²) in [5.41, 5.74) is 0.661. The molecule has 0 unspecified atom stereocenters. The third-order valence-corrected chi connectivity index (χ3v) is 4.28. The van der Waals surface area contributed by atoms with Gasteiger partial charge in [0, 0.05) is 18.2 Å². The predicted molar refractivity (Wildman–Crippen MR) is 59.3 cm³/mol. The molecule has 3 N–H and O–H groups in total. The Labute approximate surface area is 94.9 Å². The Bertz CT molecular complexity index is 450. The van der Waals surface area contributed by atoms with Crippen LogP contribution in [0.2, 0.25) is 0 Å². The van der Waals surface area contributed by atoms with Crippen molar-refractivity contribution >= 4 is 10.0 Å². The maximum atomic E-state index is 12.0. The van der Waals surface area contributed by atoms with Crippen molar-refractivity contribution in [1.29, 1.82) is 0 Å². The SMILES string of the molecule is CNCc1cn[nH]c1S(=O)(=O)NC1CCC1. The second kappa shape index (κ2) is 4.52. The van der Waals surface area contributed by atoms with Gasteiger partial charge in [0.05, 0.1) is 6.20 Å². The molecule has 1 heterocycles. The number of hydrogen-bond acceptors (Lipinski definition) is 4.